The summed E-state index contributed by atoms with van der Waals surface area (Å²) in [6.45, 7) is 2.38. The van der Waals surface area contributed by atoms with E-state index < -0.39 is 10.0 Å². The SMILES string of the molecule is CCNC(=O)c1ccc(CNS(=O)(=O)c2cccc(Cl)c2C#N)cc1. The Hall–Kier alpha value is -2.40. The third-order valence-electron chi connectivity index (χ3n) is 3.40. The first-order valence-electron chi connectivity index (χ1n) is 7.44. The summed E-state index contributed by atoms with van der Waals surface area (Å²) in [5.74, 6) is -0.188. The molecule has 0 fully saturated rings. The summed E-state index contributed by atoms with van der Waals surface area (Å²) in [7, 11) is -3.90. The van der Waals surface area contributed by atoms with Gasteiger partial charge >= 0.3 is 0 Å². The summed E-state index contributed by atoms with van der Waals surface area (Å²) in [5.41, 5.74) is 1.08. The van der Waals surface area contributed by atoms with E-state index in [1.165, 1.54) is 18.2 Å². The van der Waals surface area contributed by atoms with Crippen LogP contribution in [0, 0.1) is 11.3 Å². The Kier molecular flexibility index (Phi) is 6.15. The summed E-state index contributed by atoms with van der Waals surface area (Å²) in [4.78, 5) is 11.5. The molecular formula is C17H16ClN3O3S. The van der Waals surface area contributed by atoms with Crippen molar-refractivity contribution in [1.82, 2.24) is 10.0 Å². The molecule has 0 heterocycles. The van der Waals surface area contributed by atoms with Crippen LogP contribution >= 0.6 is 11.6 Å². The molecule has 2 aromatic carbocycles. The van der Waals surface area contributed by atoms with Crippen molar-refractivity contribution in [2.75, 3.05) is 6.54 Å². The molecule has 0 spiro atoms. The first kappa shape index (κ1) is 18.9. The van der Waals surface area contributed by atoms with Gasteiger partial charge in [-0.1, -0.05) is 29.8 Å². The number of nitriles is 1. The van der Waals surface area contributed by atoms with E-state index in [4.69, 9.17) is 16.9 Å². The Morgan fingerprint density at radius 1 is 1.20 bits per heavy atom. The number of carbonyl (C=O) groups is 1. The number of hydrogen-bond donors (Lipinski definition) is 2. The van der Waals surface area contributed by atoms with Gasteiger partial charge < -0.3 is 5.32 Å². The minimum absolute atomic E-state index is 0.0232. The molecule has 0 bridgehead atoms. The van der Waals surface area contributed by atoms with Crippen molar-refractivity contribution in [3.8, 4) is 6.07 Å². The molecular weight excluding hydrogens is 362 g/mol. The smallest absolute Gasteiger partial charge is 0.251 e. The van der Waals surface area contributed by atoms with Crippen LogP contribution in [-0.2, 0) is 16.6 Å². The zero-order valence-corrected chi connectivity index (χ0v) is 15.0. The third-order valence-corrected chi connectivity index (χ3v) is 5.16. The predicted molar refractivity (Wildman–Crippen MR) is 94.6 cm³/mol. The van der Waals surface area contributed by atoms with Crippen molar-refractivity contribution >= 4 is 27.5 Å². The van der Waals surface area contributed by atoms with Crippen LogP contribution < -0.4 is 10.0 Å². The predicted octanol–water partition coefficient (Wildman–Crippen LogP) is 2.44. The summed E-state index contributed by atoms with van der Waals surface area (Å²) in [6, 6.07) is 12.6. The van der Waals surface area contributed by atoms with Crippen molar-refractivity contribution in [3.63, 3.8) is 0 Å². The molecule has 0 aliphatic heterocycles. The fourth-order valence-corrected chi connectivity index (χ4v) is 3.60. The van der Waals surface area contributed by atoms with E-state index >= 15 is 0 Å². The monoisotopic (exact) mass is 377 g/mol. The Morgan fingerprint density at radius 3 is 2.48 bits per heavy atom. The summed E-state index contributed by atoms with van der Waals surface area (Å²) in [6.07, 6.45) is 0. The van der Waals surface area contributed by atoms with Crippen LogP contribution in [0.1, 0.15) is 28.4 Å². The second-order valence-corrected chi connectivity index (χ2v) is 7.25. The molecule has 0 saturated heterocycles. The Bertz CT molecular complexity index is 919. The lowest BCUT2D eigenvalue weighted by atomic mass is 10.1. The van der Waals surface area contributed by atoms with Gasteiger partial charge in [0.2, 0.25) is 10.0 Å². The van der Waals surface area contributed by atoms with Crippen LogP contribution in [0.15, 0.2) is 47.4 Å². The first-order chi connectivity index (χ1) is 11.9. The molecule has 2 N–H and O–H groups in total. The van der Waals surface area contributed by atoms with E-state index in [0.29, 0.717) is 17.7 Å². The topological polar surface area (TPSA) is 99.1 Å². The van der Waals surface area contributed by atoms with Crippen molar-refractivity contribution in [1.29, 1.82) is 5.26 Å². The number of halogens is 1. The fraction of sp³-hybridized carbons (Fsp3) is 0.176. The average molecular weight is 378 g/mol. The molecule has 0 radical (unpaired) electrons. The number of sulfonamides is 1. The maximum absolute atomic E-state index is 12.4. The standard InChI is InChI=1S/C17H16ClN3O3S/c1-2-20-17(22)13-8-6-12(7-9-13)11-21-25(23,24)16-5-3-4-15(18)14(16)10-19/h3-9,21H,2,11H2,1H3,(H,20,22). The molecule has 2 aromatic rings. The number of benzene rings is 2. The summed E-state index contributed by atoms with van der Waals surface area (Å²) < 4.78 is 27.3. The highest BCUT2D eigenvalue weighted by Gasteiger charge is 2.20. The van der Waals surface area contributed by atoms with E-state index in [1.807, 2.05) is 6.92 Å². The largest absolute Gasteiger partial charge is 0.352 e. The van der Waals surface area contributed by atoms with E-state index in [0.717, 1.165) is 0 Å². The molecule has 6 nitrogen and oxygen atoms in total. The zero-order chi connectivity index (χ0) is 18.4. The fourth-order valence-electron chi connectivity index (χ4n) is 2.13. The molecule has 0 aliphatic rings. The molecule has 8 heteroatoms. The minimum Gasteiger partial charge on any atom is -0.352 e. The van der Waals surface area contributed by atoms with Gasteiger partial charge in [0.15, 0.2) is 0 Å². The minimum atomic E-state index is -3.90. The van der Waals surface area contributed by atoms with Gasteiger partial charge in [-0.2, -0.15) is 5.26 Å². The molecule has 2 rings (SSSR count). The van der Waals surface area contributed by atoms with Crippen molar-refractivity contribution in [3.05, 3.63) is 64.2 Å². The van der Waals surface area contributed by atoms with Gasteiger partial charge in [0, 0.05) is 18.7 Å². The van der Waals surface area contributed by atoms with Gasteiger partial charge in [0.05, 0.1) is 10.6 Å². The quantitative estimate of drug-likeness (QED) is 0.807. The second-order valence-electron chi connectivity index (χ2n) is 5.11. The summed E-state index contributed by atoms with van der Waals surface area (Å²) in [5, 5.41) is 11.9. The summed E-state index contributed by atoms with van der Waals surface area (Å²) >= 11 is 5.87. The van der Waals surface area contributed by atoms with Crippen LogP contribution in [0.4, 0.5) is 0 Å². The lowest BCUT2D eigenvalue weighted by molar-refractivity contribution is 0.0956. The number of nitrogens with one attached hydrogen (secondary N) is 2. The molecule has 0 aromatic heterocycles. The molecule has 0 atom stereocenters. The highest BCUT2D eigenvalue weighted by Crippen LogP contribution is 2.23. The number of carbonyl (C=O) groups excluding carboxylic acids is 1. The Labute approximate surface area is 151 Å². The number of nitrogens with zero attached hydrogens (tertiary/aromatic N) is 1. The molecule has 0 saturated carbocycles. The van der Waals surface area contributed by atoms with Gasteiger partial charge in [-0.25, -0.2) is 13.1 Å². The van der Waals surface area contributed by atoms with Crippen molar-refractivity contribution < 1.29 is 13.2 Å². The number of rotatable bonds is 6. The van der Waals surface area contributed by atoms with Gasteiger partial charge in [-0.15, -0.1) is 0 Å². The van der Waals surface area contributed by atoms with E-state index in [9.17, 15) is 13.2 Å². The van der Waals surface area contributed by atoms with Crippen LogP contribution in [0.2, 0.25) is 5.02 Å². The maximum Gasteiger partial charge on any atom is 0.251 e. The highest BCUT2D eigenvalue weighted by atomic mass is 35.5. The van der Waals surface area contributed by atoms with Gasteiger partial charge in [0.1, 0.15) is 11.0 Å². The molecule has 0 unspecified atom stereocenters. The molecule has 0 aliphatic carbocycles. The molecule has 1 amide bonds. The lowest BCUT2D eigenvalue weighted by Crippen LogP contribution is -2.24. The third kappa shape index (κ3) is 4.57. The number of hydrogen-bond acceptors (Lipinski definition) is 4. The lowest BCUT2D eigenvalue weighted by Gasteiger charge is -2.09. The molecule has 130 valence electrons. The molecule has 25 heavy (non-hydrogen) atoms. The van der Waals surface area contributed by atoms with Crippen LogP contribution in [-0.4, -0.2) is 20.9 Å². The highest BCUT2D eigenvalue weighted by molar-refractivity contribution is 7.89. The Morgan fingerprint density at radius 2 is 1.88 bits per heavy atom. The van der Waals surface area contributed by atoms with Gasteiger partial charge in [0.25, 0.3) is 5.91 Å². The van der Waals surface area contributed by atoms with Crippen LogP contribution in [0.3, 0.4) is 0 Å². The van der Waals surface area contributed by atoms with Crippen molar-refractivity contribution in [2.24, 2.45) is 0 Å². The number of amides is 1. The zero-order valence-electron chi connectivity index (χ0n) is 13.4. The van der Waals surface area contributed by atoms with Crippen molar-refractivity contribution in [2.45, 2.75) is 18.4 Å². The van der Waals surface area contributed by atoms with E-state index in [-0.39, 0.29) is 27.9 Å². The van der Waals surface area contributed by atoms with Crippen LogP contribution in [0.5, 0.6) is 0 Å². The maximum atomic E-state index is 12.4. The normalized spacial score (nSPS) is 10.9. The van der Waals surface area contributed by atoms with Gasteiger partial charge in [-0.3, -0.25) is 4.79 Å². The van der Waals surface area contributed by atoms with Crippen LogP contribution in [0.25, 0.3) is 0 Å². The first-order valence-corrected chi connectivity index (χ1v) is 9.30. The second kappa shape index (κ2) is 8.12. The average Bonchev–Trinajstić information content (AvgIpc) is 2.60. The van der Waals surface area contributed by atoms with E-state index in [1.54, 1.807) is 30.3 Å². The van der Waals surface area contributed by atoms with E-state index in [2.05, 4.69) is 10.0 Å². The van der Waals surface area contributed by atoms with Gasteiger partial charge in [-0.05, 0) is 36.8 Å². The Balaban J connectivity index is 2.14.